The molecule has 0 amide bonds. The molecule has 0 aliphatic heterocycles. The molecule has 4 aliphatic rings. The van der Waals surface area contributed by atoms with Gasteiger partial charge in [-0.15, -0.1) is 0 Å². The molecule has 0 radical (unpaired) electrons. The highest BCUT2D eigenvalue weighted by molar-refractivity contribution is 5.86. The maximum absolute atomic E-state index is 14.0. The van der Waals surface area contributed by atoms with Gasteiger partial charge >= 0.3 is 23.9 Å². The fraction of sp³-hybridized carbons (Fsp3) is 0.649. The summed E-state index contributed by atoms with van der Waals surface area (Å²) in [6.45, 7) is 16.1. The maximum Gasteiger partial charge on any atom is 0.337 e. The Bertz CT molecular complexity index is 1520. The van der Waals surface area contributed by atoms with Crippen molar-refractivity contribution in [2.24, 2.45) is 33.5 Å². The van der Waals surface area contributed by atoms with Crippen LogP contribution in [0.3, 0.4) is 0 Å². The number of aliphatic hydroxyl groups excluding tert-OH is 1. The Morgan fingerprint density at radius 1 is 0.896 bits per heavy atom. The summed E-state index contributed by atoms with van der Waals surface area (Å²) in [4.78, 5) is 68.2. The molecule has 4 fully saturated rings. The van der Waals surface area contributed by atoms with Crippen molar-refractivity contribution in [3.05, 3.63) is 48.0 Å². The summed E-state index contributed by atoms with van der Waals surface area (Å²) in [5.41, 5.74) is -3.48. The molecule has 48 heavy (non-hydrogen) atoms. The monoisotopic (exact) mass is 667 g/mol. The Kier molecular flexibility index (Phi) is 9.00. The number of hydrogen-bond donors (Lipinski definition) is 1. The molecule has 0 saturated heterocycles. The highest BCUT2D eigenvalue weighted by Gasteiger charge is 2.92. The van der Waals surface area contributed by atoms with Crippen LogP contribution in [0.25, 0.3) is 0 Å². The van der Waals surface area contributed by atoms with Gasteiger partial charge < -0.3 is 24.1 Å². The fourth-order valence-electron chi connectivity index (χ4n) is 11.0. The lowest BCUT2D eigenvalue weighted by atomic mass is 9.42. The summed E-state index contributed by atoms with van der Waals surface area (Å²) >= 11 is 0. The summed E-state index contributed by atoms with van der Waals surface area (Å²) in [7, 11) is 3.52. The van der Waals surface area contributed by atoms with Gasteiger partial charge in [-0.05, 0) is 43.5 Å². The molecular formula is C37H49NO10. The molecule has 11 heteroatoms. The third-order valence-electron chi connectivity index (χ3n) is 12.5. The molecule has 4 saturated carbocycles. The van der Waals surface area contributed by atoms with Gasteiger partial charge in [0.25, 0.3) is 0 Å². The van der Waals surface area contributed by atoms with E-state index in [1.54, 1.807) is 25.9 Å². The zero-order valence-electron chi connectivity index (χ0n) is 29.4. The number of esters is 4. The van der Waals surface area contributed by atoms with Crippen molar-refractivity contribution in [3.63, 3.8) is 0 Å². The summed E-state index contributed by atoms with van der Waals surface area (Å²) in [5, 5.41) is 11.4. The molecular weight excluding hydrogens is 618 g/mol. The molecule has 4 aliphatic carbocycles. The Labute approximate surface area is 282 Å². The lowest BCUT2D eigenvalue weighted by Gasteiger charge is -2.60. The van der Waals surface area contributed by atoms with Crippen LogP contribution in [-0.2, 0) is 42.9 Å². The molecule has 11 atom stereocenters. The van der Waals surface area contributed by atoms with Crippen LogP contribution in [-0.4, -0.2) is 84.3 Å². The number of fused-ring (bicyclic) bond motifs is 1. The Balaban J connectivity index is 1.71. The second-order valence-electron chi connectivity index (χ2n) is 15.2. The lowest BCUT2D eigenvalue weighted by Crippen LogP contribution is -2.63. The van der Waals surface area contributed by atoms with E-state index in [0.29, 0.717) is 5.57 Å². The Morgan fingerprint density at radius 3 is 1.98 bits per heavy atom. The van der Waals surface area contributed by atoms with E-state index in [2.05, 4.69) is 6.58 Å². The number of hydrogen-bond acceptors (Lipinski definition) is 11. The number of benzene rings is 1. The quantitative estimate of drug-likeness (QED) is 0.244. The third-order valence-corrected chi connectivity index (χ3v) is 12.5. The number of carbonyl (C=O) groups is 5. The first-order valence-electron chi connectivity index (χ1n) is 16.7. The normalized spacial score (nSPS) is 37.6. The van der Waals surface area contributed by atoms with E-state index in [4.69, 9.17) is 18.9 Å². The predicted octanol–water partition coefficient (Wildman–Crippen LogP) is 3.96. The molecule has 262 valence electrons. The van der Waals surface area contributed by atoms with Crippen molar-refractivity contribution in [2.75, 3.05) is 14.1 Å². The number of carbonyl (C=O) groups excluding carboxylic acids is 5. The van der Waals surface area contributed by atoms with Crippen molar-refractivity contribution >= 4 is 29.7 Å². The van der Waals surface area contributed by atoms with Crippen LogP contribution in [0.15, 0.2) is 42.5 Å². The second kappa shape index (κ2) is 12.1. The molecule has 2 bridgehead atoms. The van der Waals surface area contributed by atoms with Gasteiger partial charge in [0.2, 0.25) is 0 Å². The van der Waals surface area contributed by atoms with Crippen LogP contribution in [0, 0.1) is 33.5 Å². The molecule has 11 unspecified atom stereocenters. The average Bonchev–Trinajstić information content (AvgIpc) is 3.23. The molecule has 1 aromatic carbocycles. The Hall–Kier alpha value is -3.57. The van der Waals surface area contributed by atoms with Crippen molar-refractivity contribution in [2.45, 2.75) is 104 Å². The van der Waals surface area contributed by atoms with E-state index in [1.165, 1.54) is 20.8 Å². The van der Waals surface area contributed by atoms with Gasteiger partial charge in [0.05, 0.1) is 11.5 Å². The van der Waals surface area contributed by atoms with E-state index in [1.807, 2.05) is 51.1 Å². The van der Waals surface area contributed by atoms with E-state index in [0.717, 1.165) is 5.56 Å². The third kappa shape index (κ3) is 4.63. The first kappa shape index (κ1) is 35.7. The van der Waals surface area contributed by atoms with Gasteiger partial charge in [-0.3, -0.25) is 24.1 Å². The largest absolute Gasteiger partial charge is 0.461 e. The Morgan fingerprint density at radius 2 is 1.44 bits per heavy atom. The van der Waals surface area contributed by atoms with E-state index >= 15 is 0 Å². The molecule has 1 N–H and O–H groups in total. The lowest BCUT2D eigenvalue weighted by molar-refractivity contribution is -0.194. The van der Waals surface area contributed by atoms with Crippen LogP contribution >= 0.6 is 0 Å². The van der Waals surface area contributed by atoms with Crippen molar-refractivity contribution in [3.8, 4) is 0 Å². The van der Waals surface area contributed by atoms with Crippen molar-refractivity contribution in [1.82, 2.24) is 4.90 Å². The highest BCUT2D eigenvalue weighted by Crippen LogP contribution is 2.86. The molecule has 0 aromatic heterocycles. The SMILES string of the molecule is C=C1C(OC(=O)C(O)C(c2ccccc2)N(C)C)CCC2(C)C(OC(C)=O)C(OC(C)=O)C34C(C)C(=O)CC(C(OC(C)=O)C123)C4(C)C. The number of ether oxygens (including phenoxy) is 4. The van der Waals surface area contributed by atoms with Gasteiger partial charge in [0, 0.05) is 49.9 Å². The summed E-state index contributed by atoms with van der Waals surface area (Å²) in [6, 6.07) is 8.42. The zero-order chi connectivity index (χ0) is 35.7. The molecule has 1 aromatic rings. The minimum atomic E-state index is -1.56. The van der Waals surface area contributed by atoms with Crippen LogP contribution in [0.1, 0.15) is 79.3 Å². The fourth-order valence-corrected chi connectivity index (χ4v) is 11.0. The summed E-state index contributed by atoms with van der Waals surface area (Å²) in [6.07, 6.45) is -5.04. The van der Waals surface area contributed by atoms with E-state index < -0.39 is 93.9 Å². The van der Waals surface area contributed by atoms with E-state index in [9.17, 15) is 29.1 Å². The average molecular weight is 668 g/mol. The molecule has 2 spiro atoms. The van der Waals surface area contributed by atoms with Crippen LogP contribution in [0.5, 0.6) is 0 Å². The number of nitrogens with zero attached hydrogens (tertiary/aromatic N) is 1. The predicted molar refractivity (Wildman–Crippen MR) is 173 cm³/mol. The van der Waals surface area contributed by atoms with Crippen LogP contribution in [0.2, 0.25) is 0 Å². The van der Waals surface area contributed by atoms with Crippen LogP contribution in [0.4, 0.5) is 0 Å². The topological polar surface area (TPSA) is 146 Å². The standard InChI is InChI=1S/C37H49NO10/c1-19-26(42)18-25-30(45-21(3)39)37-20(2)27(48-33(44)29(43)28(38(9)10)24-14-12-11-13-15-24)16-17-35(37,8)31(46-22(4)40)32(47-23(5)41)36(19,37)34(25,6)7/h11-15,19,25,27-32,43H,2,16-18H2,1,3-10H3. The molecule has 0 heterocycles. The summed E-state index contributed by atoms with van der Waals surface area (Å²) in [5.74, 6) is -4.04. The minimum Gasteiger partial charge on any atom is -0.461 e. The first-order chi connectivity index (χ1) is 22.3. The second-order valence-corrected chi connectivity index (χ2v) is 15.2. The van der Waals surface area contributed by atoms with E-state index in [-0.39, 0.29) is 25.0 Å². The van der Waals surface area contributed by atoms with Crippen molar-refractivity contribution < 1.29 is 48.0 Å². The van der Waals surface area contributed by atoms with Crippen LogP contribution < -0.4 is 0 Å². The minimum absolute atomic E-state index is 0.102. The number of aliphatic hydroxyl groups is 1. The van der Waals surface area contributed by atoms with Gasteiger partial charge in [-0.1, -0.05) is 64.6 Å². The zero-order valence-corrected chi connectivity index (χ0v) is 29.4. The molecule has 5 rings (SSSR count). The smallest absolute Gasteiger partial charge is 0.337 e. The van der Waals surface area contributed by atoms with Gasteiger partial charge in [-0.25, -0.2) is 4.79 Å². The first-order valence-corrected chi connectivity index (χ1v) is 16.7. The van der Waals surface area contributed by atoms with Gasteiger partial charge in [-0.2, -0.15) is 0 Å². The summed E-state index contributed by atoms with van der Waals surface area (Å²) < 4.78 is 24.7. The molecule has 11 nitrogen and oxygen atoms in total. The van der Waals surface area contributed by atoms with Crippen molar-refractivity contribution in [1.29, 1.82) is 0 Å². The number of Topliss-reactive ketones (excluding diaryl/α,β-unsaturated/α-hetero) is 1. The highest BCUT2D eigenvalue weighted by atomic mass is 16.6. The van der Waals surface area contributed by atoms with Gasteiger partial charge in [0.1, 0.15) is 30.2 Å². The maximum atomic E-state index is 14.0. The number of ketones is 1. The number of likely N-dealkylation sites (N-methyl/N-ethyl adjacent to an activating group) is 1. The van der Waals surface area contributed by atoms with Gasteiger partial charge in [0.15, 0.2) is 6.10 Å². The number of rotatable bonds is 8.